The number of methoxy groups -OCH3 is 1. The zero-order valence-electron chi connectivity index (χ0n) is 13.9. The van der Waals surface area contributed by atoms with Gasteiger partial charge in [0.15, 0.2) is 5.82 Å². The van der Waals surface area contributed by atoms with Crippen molar-refractivity contribution in [3.8, 4) is 0 Å². The zero-order chi connectivity index (χ0) is 17.0. The molecule has 3 heterocycles. The highest BCUT2D eigenvalue weighted by Gasteiger charge is 2.42. The predicted molar refractivity (Wildman–Crippen MR) is 84.4 cm³/mol. The molecule has 1 aliphatic heterocycles. The number of aromatic nitrogens is 4. The topological polar surface area (TPSA) is 94.2 Å². The maximum Gasteiger partial charge on any atom is 0.291 e. The van der Waals surface area contributed by atoms with Crippen molar-refractivity contribution in [2.24, 2.45) is 0 Å². The Kier molecular flexibility index (Phi) is 4.84. The standard InChI is InChI=1S/C16H21N5O3/c1-12-19-15(20-24-12)16(6-10-23-2)5-3-9-21(11-16)14(22)13-17-7-4-8-18-13/h4,7-8H,3,5-6,9-11H2,1-2H3. The predicted octanol–water partition coefficient (Wildman–Crippen LogP) is 1.38. The molecule has 1 amide bonds. The van der Waals surface area contributed by atoms with Crippen LogP contribution in [0.15, 0.2) is 23.0 Å². The molecule has 0 radical (unpaired) electrons. The van der Waals surface area contributed by atoms with Crippen LogP contribution in [0, 0.1) is 6.92 Å². The van der Waals surface area contributed by atoms with Gasteiger partial charge in [-0.2, -0.15) is 4.98 Å². The van der Waals surface area contributed by atoms with Crippen LogP contribution in [0.3, 0.4) is 0 Å². The molecule has 1 unspecified atom stereocenters. The Balaban J connectivity index is 1.86. The first-order chi connectivity index (χ1) is 11.6. The van der Waals surface area contributed by atoms with E-state index in [0.717, 1.165) is 19.3 Å². The van der Waals surface area contributed by atoms with Crippen LogP contribution in [0.5, 0.6) is 0 Å². The van der Waals surface area contributed by atoms with E-state index in [2.05, 4.69) is 20.1 Å². The average molecular weight is 331 g/mol. The summed E-state index contributed by atoms with van der Waals surface area (Å²) >= 11 is 0. The lowest BCUT2D eigenvalue weighted by Gasteiger charge is -2.40. The molecule has 0 aromatic carbocycles. The summed E-state index contributed by atoms with van der Waals surface area (Å²) in [4.78, 5) is 27.0. The fraction of sp³-hybridized carbons (Fsp3) is 0.562. The molecule has 0 bridgehead atoms. The molecule has 8 nitrogen and oxygen atoms in total. The van der Waals surface area contributed by atoms with Crippen LogP contribution < -0.4 is 0 Å². The molecule has 1 atom stereocenters. The van der Waals surface area contributed by atoms with Gasteiger partial charge in [-0.15, -0.1) is 0 Å². The van der Waals surface area contributed by atoms with Crippen molar-refractivity contribution < 1.29 is 14.1 Å². The van der Waals surface area contributed by atoms with Crippen molar-refractivity contribution in [2.75, 3.05) is 26.8 Å². The lowest BCUT2D eigenvalue weighted by molar-refractivity contribution is 0.0555. The molecule has 0 aliphatic carbocycles. The number of rotatable bonds is 5. The number of nitrogens with zero attached hydrogens (tertiary/aromatic N) is 5. The van der Waals surface area contributed by atoms with E-state index in [9.17, 15) is 4.79 Å². The van der Waals surface area contributed by atoms with Crippen LogP contribution in [0.1, 0.15) is 41.6 Å². The van der Waals surface area contributed by atoms with E-state index in [1.54, 1.807) is 37.4 Å². The Labute approximate surface area is 140 Å². The first-order valence-corrected chi connectivity index (χ1v) is 8.01. The summed E-state index contributed by atoms with van der Waals surface area (Å²) in [6.07, 6.45) is 5.61. The number of amides is 1. The largest absolute Gasteiger partial charge is 0.385 e. The van der Waals surface area contributed by atoms with Crippen LogP contribution in [0.2, 0.25) is 0 Å². The third-order valence-corrected chi connectivity index (χ3v) is 4.41. The van der Waals surface area contributed by atoms with Gasteiger partial charge in [-0.25, -0.2) is 9.97 Å². The van der Waals surface area contributed by atoms with Crippen molar-refractivity contribution >= 4 is 5.91 Å². The minimum Gasteiger partial charge on any atom is -0.385 e. The highest BCUT2D eigenvalue weighted by atomic mass is 16.5. The third-order valence-electron chi connectivity index (χ3n) is 4.41. The van der Waals surface area contributed by atoms with Gasteiger partial charge in [-0.3, -0.25) is 4.79 Å². The van der Waals surface area contributed by atoms with Crippen molar-refractivity contribution in [1.82, 2.24) is 25.0 Å². The van der Waals surface area contributed by atoms with E-state index in [0.29, 0.717) is 31.4 Å². The fourth-order valence-corrected chi connectivity index (χ4v) is 3.17. The molecule has 1 aliphatic rings. The number of carbonyl (C=O) groups is 1. The first-order valence-electron chi connectivity index (χ1n) is 8.01. The maximum atomic E-state index is 12.7. The Morgan fingerprint density at radius 2 is 2.21 bits per heavy atom. The van der Waals surface area contributed by atoms with E-state index >= 15 is 0 Å². The van der Waals surface area contributed by atoms with Gasteiger partial charge >= 0.3 is 0 Å². The fourth-order valence-electron chi connectivity index (χ4n) is 3.17. The molecular formula is C16H21N5O3. The van der Waals surface area contributed by atoms with Gasteiger partial charge < -0.3 is 14.2 Å². The molecule has 1 saturated heterocycles. The number of carbonyl (C=O) groups excluding carboxylic acids is 1. The highest BCUT2D eigenvalue weighted by molar-refractivity contribution is 5.90. The molecule has 8 heteroatoms. The quantitative estimate of drug-likeness (QED) is 0.817. The minimum atomic E-state index is -0.365. The number of hydrogen-bond donors (Lipinski definition) is 0. The Morgan fingerprint density at radius 1 is 1.42 bits per heavy atom. The summed E-state index contributed by atoms with van der Waals surface area (Å²) in [5, 5.41) is 4.12. The van der Waals surface area contributed by atoms with Gasteiger partial charge in [0, 0.05) is 46.1 Å². The monoisotopic (exact) mass is 331 g/mol. The molecule has 24 heavy (non-hydrogen) atoms. The van der Waals surface area contributed by atoms with Gasteiger partial charge in [0.2, 0.25) is 11.7 Å². The molecule has 3 rings (SSSR count). The molecule has 2 aromatic rings. The van der Waals surface area contributed by atoms with E-state index < -0.39 is 0 Å². The normalized spacial score (nSPS) is 21.0. The van der Waals surface area contributed by atoms with Crippen LogP contribution in [-0.4, -0.2) is 57.7 Å². The number of likely N-dealkylation sites (tertiary alicyclic amines) is 1. The van der Waals surface area contributed by atoms with E-state index in [4.69, 9.17) is 9.26 Å². The Morgan fingerprint density at radius 3 is 2.88 bits per heavy atom. The van der Waals surface area contributed by atoms with Crippen molar-refractivity contribution in [1.29, 1.82) is 0 Å². The average Bonchev–Trinajstić information content (AvgIpc) is 3.07. The summed E-state index contributed by atoms with van der Waals surface area (Å²) in [6, 6.07) is 1.69. The molecule has 0 spiro atoms. The minimum absolute atomic E-state index is 0.169. The maximum absolute atomic E-state index is 12.7. The summed E-state index contributed by atoms with van der Waals surface area (Å²) in [6.45, 7) is 3.51. The van der Waals surface area contributed by atoms with Crippen molar-refractivity contribution in [3.63, 3.8) is 0 Å². The second kappa shape index (κ2) is 7.04. The molecule has 128 valence electrons. The second-order valence-corrected chi connectivity index (χ2v) is 6.06. The Bertz CT molecular complexity index is 690. The molecule has 0 N–H and O–H groups in total. The van der Waals surface area contributed by atoms with Crippen LogP contribution in [0.4, 0.5) is 0 Å². The van der Waals surface area contributed by atoms with Crippen molar-refractivity contribution in [3.05, 3.63) is 36.0 Å². The smallest absolute Gasteiger partial charge is 0.291 e. The Hall–Kier alpha value is -2.35. The summed E-state index contributed by atoms with van der Waals surface area (Å²) in [5.74, 6) is 1.21. The molecular weight excluding hydrogens is 310 g/mol. The number of hydrogen-bond acceptors (Lipinski definition) is 7. The highest BCUT2D eigenvalue weighted by Crippen LogP contribution is 2.36. The number of ether oxygens (including phenoxy) is 1. The summed E-state index contributed by atoms with van der Waals surface area (Å²) in [5.41, 5.74) is -0.365. The van der Waals surface area contributed by atoms with Gasteiger partial charge in [0.25, 0.3) is 5.91 Å². The van der Waals surface area contributed by atoms with E-state index in [1.807, 2.05) is 0 Å². The summed E-state index contributed by atoms with van der Waals surface area (Å²) < 4.78 is 10.4. The lowest BCUT2D eigenvalue weighted by Crippen LogP contribution is -2.50. The zero-order valence-corrected chi connectivity index (χ0v) is 13.9. The third kappa shape index (κ3) is 3.28. The SMILES string of the molecule is COCCC1(c2noc(C)n2)CCCN(C(=O)c2ncccn2)C1. The van der Waals surface area contributed by atoms with Crippen LogP contribution >= 0.6 is 0 Å². The van der Waals surface area contributed by atoms with Crippen LogP contribution in [0.25, 0.3) is 0 Å². The van der Waals surface area contributed by atoms with Crippen molar-refractivity contribution in [2.45, 2.75) is 31.6 Å². The van der Waals surface area contributed by atoms with Crippen LogP contribution in [-0.2, 0) is 10.2 Å². The second-order valence-electron chi connectivity index (χ2n) is 6.06. The number of aryl methyl sites for hydroxylation is 1. The van der Waals surface area contributed by atoms with E-state index in [-0.39, 0.29) is 17.1 Å². The lowest BCUT2D eigenvalue weighted by atomic mass is 9.76. The van der Waals surface area contributed by atoms with Gasteiger partial charge in [0.05, 0.1) is 5.41 Å². The van der Waals surface area contributed by atoms with E-state index in [1.165, 1.54) is 0 Å². The molecule has 1 fully saturated rings. The summed E-state index contributed by atoms with van der Waals surface area (Å²) in [7, 11) is 1.67. The number of piperidine rings is 1. The van der Waals surface area contributed by atoms with Gasteiger partial charge in [0.1, 0.15) is 0 Å². The molecule has 0 saturated carbocycles. The molecule has 2 aromatic heterocycles. The van der Waals surface area contributed by atoms with Gasteiger partial charge in [-0.1, -0.05) is 5.16 Å². The van der Waals surface area contributed by atoms with Gasteiger partial charge in [-0.05, 0) is 25.3 Å². The first kappa shape index (κ1) is 16.5.